The molecule has 0 saturated heterocycles. The van der Waals surface area contributed by atoms with E-state index in [4.69, 9.17) is 27.9 Å². The second kappa shape index (κ2) is 9.44. The molecule has 0 saturated carbocycles. The summed E-state index contributed by atoms with van der Waals surface area (Å²) < 4.78 is 5.19. The van der Waals surface area contributed by atoms with Gasteiger partial charge in [-0.1, -0.05) is 35.3 Å². The van der Waals surface area contributed by atoms with Crippen molar-refractivity contribution in [3.05, 3.63) is 63.1 Å². The standard InChI is InChI=1S/C19H20Cl2N2O2/c1-13-10-17(25-2)9-7-14(13)4-3-5-19(24)23-22-12-15-6-8-16(20)11-18(15)21/h6-12H,3-5H2,1-2H3,(H,23,24)/b22-12-. The quantitative estimate of drug-likeness (QED) is 0.556. The molecular formula is C19H20Cl2N2O2. The van der Waals surface area contributed by atoms with Crippen molar-refractivity contribution in [3.63, 3.8) is 0 Å². The summed E-state index contributed by atoms with van der Waals surface area (Å²) in [6.45, 7) is 2.04. The van der Waals surface area contributed by atoms with Crippen molar-refractivity contribution in [2.75, 3.05) is 7.11 Å². The Balaban J connectivity index is 1.78. The number of ether oxygens (including phenoxy) is 1. The van der Waals surface area contributed by atoms with Crippen molar-refractivity contribution in [2.24, 2.45) is 5.10 Å². The van der Waals surface area contributed by atoms with Gasteiger partial charge in [0.15, 0.2) is 0 Å². The Hall–Kier alpha value is -2.04. The first-order valence-corrected chi connectivity index (χ1v) is 8.65. The monoisotopic (exact) mass is 378 g/mol. The van der Waals surface area contributed by atoms with E-state index in [-0.39, 0.29) is 5.91 Å². The van der Waals surface area contributed by atoms with E-state index < -0.39 is 0 Å². The number of halogens is 2. The van der Waals surface area contributed by atoms with E-state index in [9.17, 15) is 4.79 Å². The lowest BCUT2D eigenvalue weighted by Crippen LogP contribution is -2.17. The van der Waals surface area contributed by atoms with Gasteiger partial charge < -0.3 is 4.74 Å². The highest BCUT2D eigenvalue weighted by Gasteiger charge is 2.04. The minimum absolute atomic E-state index is 0.132. The first-order chi connectivity index (χ1) is 12.0. The fraction of sp³-hybridized carbons (Fsp3) is 0.263. The molecule has 0 heterocycles. The Morgan fingerprint density at radius 2 is 2.04 bits per heavy atom. The minimum Gasteiger partial charge on any atom is -0.497 e. The summed E-state index contributed by atoms with van der Waals surface area (Å²) in [6.07, 6.45) is 3.48. The molecule has 2 rings (SSSR count). The van der Waals surface area contributed by atoms with Gasteiger partial charge in [-0.25, -0.2) is 5.43 Å². The third-order valence-corrected chi connectivity index (χ3v) is 4.32. The molecule has 0 bridgehead atoms. The molecule has 0 aromatic heterocycles. The van der Waals surface area contributed by atoms with Crippen LogP contribution in [0.2, 0.25) is 10.0 Å². The summed E-state index contributed by atoms with van der Waals surface area (Å²) in [5, 5.41) is 4.97. The van der Waals surface area contributed by atoms with Crippen LogP contribution < -0.4 is 10.2 Å². The molecule has 132 valence electrons. The molecule has 0 aliphatic rings. The number of benzene rings is 2. The lowest BCUT2D eigenvalue weighted by Gasteiger charge is -2.07. The maximum Gasteiger partial charge on any atom is 0.240 e. The number of methoxy groups -OCH3 is 1. The first-order valence-electron chi connectivity index (χ1n) is 7.90. The summed E-state index contributed by atoms with van der Waals surface area (Å²) >= 11 is 11.9. The van der Waals surface area contributed by atoms with Crippen molar-refractivity contribution in [1.82, 2.24) is 5.43 Å². The molecule has 0 aliphatic carbocycles. The van der Waals surface area contributed by atoms with Crippen molar-refractivity contribution < 1.29 is 9.53 Å². The number of carbonyl (C=O) groups is 1. The van der Waals surface area contributed by atoms with Gasteiger partial charge >= 0.3 is 0 Å². The molecule has 1 N–H and O–H groups in total. The van der Waals surface area contributed by atoms with Gasteiger partial charge in [0.25, 0.3) is 0 Å². The average Bonchev–Trinajstić information content (AvgIpc) is 2.58. The van der Waals surface area contributed by atoms with Crippen molar-refractivity contribution in [3.8, 4) is 5.75 Å². The second-order valence-corrected chi connectivity index (χ2v) is 6.45. The van der Waals surface area contributed by atoms with Crippen LogP contribution in [0.3, 0.4) is 0 Å². The molecule has 0 aliphatic heterocycles. The number of hydrazone groups is 1. The number of amides is 1. The van der Waals surface area contributed by atoms with Crippen LogP contribution in [0.15, 0.2) is 41.5 Å². The number of nitrogens with zero attached hydrogens (tertiary/aromatic N) is 1. The summed E-state index contributed by atoms with van der Waals surface area (Å²) in [7, 11) is 1.65. The predicted octanol–water partition coefficient (Wildman–Crippen LogP) is 4.78. The third kappa shape index (κ3) is 6.07. The van der Waals surface area contributed by atoms with E-state index in [1.54, 1.807) is 25.3 Å². The maximum atomic E-state index is 11.8. The van der Waals surface area contributed by atoms with Crippen LogP contribution in [0.25, 0.3) is 0 Å². The number of hydrogen-bond acceptors (Lipinski definition) is 3. The molecule has 2 aromatic rings. The van der Waals surface area contributed by atoms with Crippen LogP contribution in [0.4, 0.5) is 0 Å². The molecule has 25 heavy (non-hydrogen) atoms. The van der Waals surface area contributed by atoms with Gasteiger partial charge in [-0.15, -0.1) is 0 Å². The van der Waals surface area contributed by atoms with Crippen LogP contribution >= 0.6 is 23.2 Å². The Morgan fingerprint density at radius 3 is 2.72 bits per heavy atom. The summed E-state index contributed by atoms with van der Waals surface area (Å²) in [5.74, 6) is 0.710. The number of nitrogens with one attached hydrogen (secondary N) is 1. The average molecular weight is 379 g/mol. The fourth-order valence-electron chi connectivity index (χ4n) is 2.35. The largest absolute Gasteiger partial charge is 0.497 e. The van der Waals surface area contributed by atoms with Gasteiger partial charge in [0.2, 0.25) is 5.91 Å². The summed E-state index contributed by atoms with van der Waals surface area (Å²) in [4.78, 5) is 11.8. The zero-order valence-electron chi connectivity index (χ0n) is 14.2. The predicted molar refractivity (Wildman–Crippen MR) is 103 cm³/mol. The molecule has 0 radical (unpaired) electrons. The normalized spacial score (nSPS) is 10.9. The lowest BCUT2D eigenvalue weighted by atomic mass is 10.0. The molecule has 0 fully saturated rings. The molecule has 4 nitrogen and oxygen atoms in total. The zero-order valence-corrected chi connectivity index (χ0v) is 15.7. The molecule has 1 amide bonds. The topological polar surface area (TPSA) is 50.7 Å². The Bertz CT molecular complexity index is 776. The van der Waals surface area contributed by atoms with Gasteiger partial charge in [0, 0.05) is 17.0 Å². The summed E-state index contributed by atoms with van der Waals surface area (Å²) in [5.41, 5.74) is 5.58. The molecule has 2 aromatic carbocycles. The minimum atomic E-state index is -0.132. The van der Waals surface area contributed by atoms with Gasteiger partial charge in [-0.2, -0.15) is 5.10 Å². The second-order valence-electron chi connectivity index (χ2n) is 5.60. The van der Waals surface area contributed by atoms with Crippen LogP contribution in [0.1, 0.15) is 29.5 Å². The van der Waals surface area contributed by atoms with Gasteiger partial charge in [-0.05, 0) is 55.2 Å². The number of hydrogen-bond donors (Lipinski definition) is 1. The number of rotatable bonds is 7. The van der Waals surface area contributed by atoms with Crippen molar-refractivity contribution in [1.29, 1.82) is 0 Å². The molecule has 0 atom stereocenters. The van der Waals surface area contributed by atoms with E-state index >= 15 is 0 Å². The van der Waals surface area contributed by atoms with E-state index in [2.05, 4.69) is 10.5 Å². The lowest BCUT2D eigenvalue weighted by molar-refractivity contribution is -0.121. The smallest absolute Gasteiger partial charge is 0.240 e. The Morgan fingerprint density at radius 1 is 1.24 bits per heavy atom. The number of carbonyl (C=O) groups excluding carboxylic acids is 1. The number of aryl methyl sites for hydroxylation is 2. The van der Waals surface area contributed by atoms with Gasteiger partial charge in [0.1, 0.15) is 5.75 Å². The first kappa shape index (κ1) is 19.3. The highest BCUT2D eigenvalue weighted by atomic mass is 35.5. The maximum absolute atomic E-state index is 11.8. The van der Waals surface area contributed by atoms with E-state index in [1.165, 1.54) is 11.8 Å². The highest BCUT2D eigenvalue weighted by molar-refractivity contribution is 6.36. The van der Waals surface area contributed by atoms with Crippen molar-refractivity contribution >= 4 is 35.3 Å². The Kier molecular flexibility index (Phi) is 7.29. The van der Waals surface area contributed by atoms with Crippen LogP contribution in [-0.2, 0) is 11.2 Å². The fourth-order valence-corrected chi connectivity index (χ4v) is 2.81. The SMILES string of the molecule is COc1ccc(CCCC(=O)N/N=C\c2ccc(Cl)cc2Cl)c(C)c1. The molecule has 0 spiro atoms. The summed E-state index contributed by atoms with van der Waals surface area (Å²) in [6, 6.07) is 11.1. The van der Waals surface area contributed by atoms with Crippen LogP contribution in [0.5, 0.6) is 5.75 Å². The van der Waals surface area contributed by atoms with Crippen LogP contribution in [-0.4, -0.2) is 19.2 Å². The Labute approximate surface area is 157 Å². The molecule has 6 heteroatoms. The third-order valence-electron chi connectivity index (χ3n) is 3.76. The van der Waals surface area contributed by atoms with E-state index in [0.717, 1.165) is 24.2 Å². The van der Waals surface area contributed by atoms with Crippen LogP contribution in [0, 0.1) is 6.92 Å². The van der Waals surface area contributed by atoms with E-state index in [0.29, 0.717) is 22.0 Å². The van der Waals surface area contributed by atoms with Gasteiger partial charge in [0.05, 0.1) is 18.3 Å². The molecular weight excluding hydrogens is 359 g/mol. The molecule has 0 unspecified atom stereocenters. The van der Waals surface area contributed by atoms with Crippen molar-refractivity contribution in [2.45, 2.75) is 26.2 Å². The van der Waals surface area contributed by atoms with Gasteiger partial charge in [-0.3, -0.25) is 4.79 Å². The zero-order chi connectivity index (χ0) is 18.2. The van der Waals surface area contributed by atoms with E-state index in [1.807, 2.05) is 25.1 Å². The highest BCUT2D eigenvalue weighted by Crippen LogP contribution is 2.20.